The summed E-state index contributed by atoms with van der Waals surface area (Å²) >= 11 is 0. The molecule has 0 aliphatic rings. The van der Waals surface area contributed by atoms with Gasteiger partial charge in [0.05, 0.1) is 28.4 Å². The average Bonchev–Trinajstić information content (AvgIpc) is 3.00. The van der Waals surface area contributed by atoms with Gasteiger partial charge in [-0.25, -0.2) is 9.59 Å². The zero-order valence-corrected chi connectivity index (χ0v) is 23.5. The van der Waals surface area contributed by atoms with Gasteiger partial charge in [-0.05, 0) is 36.8 Å². The number of amides is 3. The molecule has 0 bridgehead atoms. The molecule has 224 valence electrons. The number of imide groups is 1. The van der Waals surface area contributed by atoms with E-state index in [1.54, 1.807) is 31.2 Å². The van der Waals surface area contributed by atoms with Crippen LogP contribution in [0.25, 0.3) is 10.8 Å². The molecule has 0 aliphatic heterocycles. The van der Waals surface area contributed by atoms with Crippen LogP contribution in [0.4, 0.5) is 22.7 Å². The molecule has 13 heteroatoms. The number of carbonyl (C=O) groups is 5. The van der Waals surface area contributed by atoms with E-state index in [0.29, 0.717) is 22.0 Å². The molecule has 0 aliphatic carbocycles. The van der Waals surface area contributed by atoms with Crippen molar-refractivity contribution in [3.63, 3.8) is 0 Å². The van der Waals surface area contributed by atoms with E-state index in [4.69, 9.17) is 0 Å². The fraction of sp³-hybridized carbons (Fsp3) is 0.129. The standard InChI is InChI=1S/C31H26N4O9/c1-18(28(37)33(19(2)36)17-20-11-13-21(14-12-20)35(43)44)32-25-15-16-27(23-8-4-3-7-22(23)25)34(29(38)31(41)42)26-10-6-5-9-24(26)30(39)40/h3-16,18,32H,17H2,1-2H3,(H,39,40)(H,41,42)/t18-/m0/s1. The van der Waals surface area contributed by atoms with Crippen LogP contribution < -0.4 is 10.2 Å². The summed E-state index contributed by atoms with van der Waals surface area (Å²) in [6.45, 7) is 2.65. The van der Waals surface area contributed by atoms with Gasteiger partial charge in [0.1, 0.15) is 6.04 Å². The molecule has 0 radical (unpaired) electrons. The molecule has 4 aromatic carbocycles. The average molecular weight is 599 g/mol. The molecule has 0 spiro atoms. The Labute approximate surface area is 250 Å². The Morgan fingerprint density at radius 1 is 0.841 bits per heavy atom. The van der Waals surface area contributed by atoms with Crippen LogP contribution in [-0.2, 0) is 25.7 Å². The second-order valence-corrected chi connectivity index (χ2v) is 9.68. The lowest BCUT2D eigenvalue weighted by Crippen LogP contribution is -2.43. The van der Waals surface area contributed by atoms with Crippen molar-refractivity contribution in [1.29, 1.82) is 0 Å². The van der Waals surface area contributed by atoms with Crippen LogP contribution in [0, 0.1) is 10.1 Å². The van der Waals surface area contributed by atoms with Crippen molar-refractivity contribution < 1.29 is 39.1 Å². The van der Waals surface area contributed by atoms with Crippen molar-refractivity contribution in [2.24, 2.45) is 0 Å². The maximum atomic E-state index is 13.4. The number of aromatic carboxylic acids is 1. The normalized spacial score (nSPS) is 11.3. The van der Waals surface area contributed by atoms with E-state index in [2.05, 4.69) is 5.32 Å². The van der Waals surface area contributed by atoms with Crippen LogP contribution in [0.2, 0.25) is 0 Å². The first-order valence-corrected chi connectivity index (χ1v) is 13.1. The summed E-state index contributed by atoms with van der Waals surface area (Å²) in [5.41, 5.74) is 0.448. The topological polar surface area (TPSA) is 187 Å². The lowest BCUT2D eigenvalue weighted by molar-refractivity contribution is -0.384. The Kier molecular flexibility index (Phi) is 8.98. The van der Waals surface area contributed by atoms with Crippen molar-refractivity contribution in [3.05, 3.63) is 106 Å². The molecule has 0 aromatic heterocycles. The van der Waals surface area contributed by atoms with E-state index in [0.717, 1.165) is 9.80 Å². The second-order valence-electron chi connectivity index (χ2n) is 9.68. The molecular formula is C31H26N4O9. The van der Waals surface area contributed by atoms with Crippen LogP contribution >= 0.6 is 0 Å². The largest absolute Gasteiger partial charge is 0.478 e. The van der Waals surface area contributed by atoms with E-state index in [9.17, 15) is 44.3 Å². The monoisotopic (exact) mass is 598 g/mol. The van der Waals surface area contributed by atoms with Gasteiger partial charge in [-0.15, -0.1) is 0 Å². The van der Waals surface area contributed by atoms with Gasteiger partial charge in [0.25, 0.3) is 11.6 Å². The molecule has 0 unspecified atom stereocenters. The van der Waals surface area contributed by atoms with Crippen LogP contribution in [0.1, 0.15) is 29.8 Å². The van der Waals surface area contributed by atoms with Gasteiger partial charge in [-0.2, -0.15) is 0 Å². The van der Waals surface area contributed by atoms with E-state index < -0.39 is 40.6 Å². The molecule has 4 aromatic rings. The zero-order valence-electron chi connectivity index (χ0n) is 23.5. The number of carboxylic acids is 2. The third kappa shape index (κ3) is 6.36. The van der Waals surface area contributed by atoms with E-state index in [-0.39, 0.29) is 29.2 Å². The predicted octanol–water partition coefficient (Wildman–Crippen LogP) is 4.57. The van der Waals surface area contributed by atoms with Gasteiger partial charge in [0.2, 0.25) is 5.91 Å². The maximum absolute atomic E-state index is 13.4. The van der Waals surface area contributed by atoms with Crippen LogP contribution in [0.3, 0.4) is 0 Å². The first-order chi connectivity index (χ1) is 20.9. The Hall–Kier alpha value is -6.11. The number of carboxylic acid groups (broad SMARTS) is 2. The first-order valence-electron chi connectivity index (χ1n) is 13.1. The summed E-state index contributed by atoms with van der Waals surface area (Å²) in [7, 11) is 0. The van der Waals surface area contributed by atoms with Crippen molar-refractivity contribution >= 4 is 63.2 Å². The number of nitrogens with one attached hydrogen (secondary N) is 1. The fourth-order valence-corrected chi connectivity index (χ4v) is 4.68. The number of carbonyl (C=O) groups excluding carboxylic acids is 3. The number of nitrogens with zero attached hydrogens (tertiary/aromatic N) is 3. The lowest BCUT2D eigenvalue weighted by Gasteiger charge is -2.27. The van der Waals surface area contributed by atoms with Crippen LogP contribution in [0.15, 0.2) is 84.9 Å². The number of hydrogen-bond donors (Lipinski definition) is 3. The SMILES string of the molecule is CC(=O)N(Cc1ccc([N+](=O)[O-])cc1)C(=O)[C@H](C)Nc1ccc(N(C(=O)C(=O)O)c2ccccc2C(=O)O)c2ccccc12. The van der Waals surface area contributed by atoms with Gasteiger partial charge < -0.3 is 15.5 Å². The lowest BCUT2D eigenvalue weighted by atomic mass is 10.0. The van der Waals surface area contributed by atoms with Gasteiger partial charge in [-0.1, -0.05) is 48.5 Å². The fourth-order valence-electron chi connectivity index (χ4n) is 4.68. The third-order valence-corrected chi connectivity index (χ3v) is 6.78. The number of nitro groups is 1. The molecule has 4 rings (SSSR count). The molecule has 0 saturated heterocycles. The summed E-state index contributed by atoms with van der Waals surface area (Å²) in [5, 5.41) is 34.2. The van der Waals surface area contributed by atoms with E-state index >= 15 is 0 Å². The van der Waals surface area contributed by atoms with E-state index in [1.165, 1.54) is 67.6 Å². The van der Waals surface area contributed by atoms with Crippen molar-refractivity contribution in [2.75, 3.05) is 10.2 Å². The Morgan fingerprint density at radius 3 is 2.05 bits per heavy atom. The molecule has 1 atom stereocenters. The van der Waals surface area contributed by atoms with Gasteiger partial charge in [0, 0.05) is 35.5 Å². The minimum absolute atomic E-state index is 0.0924. The first kappa shape index (κ1) is 30.8. The maximum Gasteiger partial charge on any atom is 0.395 e. The highest BCUT2D eigenvalue weighted by Gasteiger charge is 2.30. The van der Waals surface area contributed by atoms with Crippen molar-refractivity contribution in [1.82, 2.24) is 4.90 Å². The van der Waals surface area contributed by atoms with Gasteiger partial charge in [0.15, 0.2) is 0 Å². The molecule has 0 saturated carbocycles. The summed E-state index contributed by atoms with van der Waals surface area (Å²) in [6, 6.07) is 19.6. The highest BCUT2D eigenvalue weighted by Crippen LogP contribution is 2.38. The number of benzene rings is 4. The quantitative estimate of drug-likeness (QED) is 0.140. The van der Waals surface area contributed by atoms with E-state index in [1.807, 2.05) is 0 Å². The van der Waals surface area contributed by atoms with Crippen molar-refractivity contribution in [2.45, 2.75) is 26.4 Å². The Morgan fingerprint density at radius 2 is 1.45 bits per heavy atom. The minimum Gasteiger partial charge on any atom is -0.478 e. The summed E-state index contributed by atoms with van der Waals surface area (Å²) in [6.07, 6.45) is 0. The number of aliphatic carboxylic acids is 1. The van der Waals surface area contributed by atoms with Crippen LogP contribution in [0.5, 0.6) is 0 Å². The molecule has 44 heavy (non-hydrogen) atoms. The molecule has 3 N–H and O–H groups in total. The van der Waals surface area contributed by atoms with Gasteiger partial charge >= 0.3 is 17.8 Å². The molecular weight excluding hydrogens is 572 g/mol. The second kappa shape index (κ2) is 12.8. The smallest absolute Gasteiger partial charge is 0.395 e. The molecule has 13 nitrogen and oxygen atoms in total. The predicted molar refractivity (Wildman–Crippen MR) is 160 cm³/mol. The summed E-state index contributed by atoms with van der Waals surface area (Å²) in [4.78, 5) is 74.8. The number of anilines is 3. The number of nitro benzene ring substituents is 1. The number of rotatable bonds is 9. The Balaban J connectivity index is 1.70. The summed E-state index contributed by atoms with van der Waals surface area (Å²) < 4.78 is 0. The summed E-state index contributed by atoms with van der Waals surface area (Å²) in [5.74, 6) is -5.66. The minimum atomic E-state index is -1.80. The highest BCUT2D eigenvalue weighted by atomic mass is 16.6. The van der Waals surface area contributed by atoms with Crippen LogP contribution in [-0.4, -0.2) is 55.7 Å². The van der Waals surface area contributed by atoms with Crippen molar-refractivity contribution in [3.8, 4) is 0 Å². The Bertz CT molecular complexity index is 1800. The molecule has 0 heterocycles. The zero-order chi connectivity index (χ0) is 32.1. The highest BCUT2D eigenvalue weighted by molar-refractivity contribution is 6.40. The number of para-hydroxylation sites is 1. The molecule has 0 fully saturated rings. The number of non-ortho nitro benzene ring substituents is 1. The van der Waals surface area contributed by atoms with Gasteiger partial charge in [-0.3, -0.25) is 34.3 Å². The third-order valence-electron chi connectivity index (χ3n) is 6.78. The number of hydrogen-bond acceptors (Lipinski definition) is 8. The molecule has 3 amide bonds. The number of fused-ring (bicyclic) bond motifs is 1.